The number of aliphatic imine (C=N–C) groups is 1. The van der Waals surface area contributed by atoms with E-state index in [-0.39, 0.29) is 5.75 Å². The van der Waals surface area contributed by atoms with Gasteiger partial charge in [0, 0.05) is 18.3 Å². The van der Waals surface area contributed by atoms with Crippen molar-refractivity contribution in [2.75, 3.05) is 7.05 Å². The van der Waals surface area contributed by atoms with Gasteiger partial charge in [-0.05, 0) is 24.6 Å². The molecule has 14 heavy (non-hydrogen) atoms. The van der Waals surface area contributed by atoms with Crippen molar-refractivity contribution in [3.63, 3.8) is 0 Å². The first-order valence-electron chi connectivity index (χ1n) is 4.42. The number of rotatable bonds is 2. The van der Waals surface area contributed by atoms with E-state index in [9.17, 15) is 5.11 Å². The highest BCUT2D eigenvalue weighted by atomic mass is 16.3. The van der Waals surface area contributed by atoms with E-state index in [2.05, 4.69) is 4.99 Å². The Bertz CT molecular complexity index is 402. The lowest BCUT2D eigenvalue weighted by Crippen LogP contribution is -1.99. The first-order valence-corrected chi connectivity index (χ1v) is 4.42. The largest absolute Gasteiger partial charge is 0.507 e. The first kappa shape index (κ1) is 10.3. The molecule has 0 aliphatic carbocycles. The predicted octanol–water partition coefficient (Wildman–Crippen LogP) is 2.09. The van der Waals surface area contributed by atoms with Crippen LogP contribution in [0.2, 0.25) is 0 Å². The van der Waals surface area contributed by atoms with Crippen LogP contribution in [0.4, 0.5) is 0 Å². The van der Waals surface area contributed by atoms with Crippen LogP contribution in [0.1, 0.15) is 24.5 Å². The van der Waals surface area contributed by atoms with Crippen molar-refractivity contribution < 1.29 is 5.11 Å². The lowest BCUT2D eigenvalue weighted by Gasteiger charge is -2.05. The molecule has 0 fully saturated rings. The Labute approximate surface area is 83.3 Å². The fraction of sp³-hybridized carbons (Fsp3) is 0.273. The van der Waals surface area contributed by atoms with Crippen LogP contribution in [0.15, 0.2) is 23.2 Å². The second-order valence-electron chi connectivity index (χ2n) is 2.87. The van der Waals surface area contributed by atoms with E-state index in [0.717, 1.165) is 12.1 Å². The van der Waals surface area contributed by atoms with E-state index in [1.165, 1.54) is 6.07 Å². The van der Waals surface area contributed by atoms with Gasteiger partial charge in [0.2, 0.25) is 0 Å². The number of nitrogens with zero attached hydrogens (tertiary/aromatic N) is 2. The Kier molecular flexibility index (Phi) is 3.24. The molecule has 3 heteroatoms. The standard InChI is InChI=1S/C11H12N2O/c1-3-10(13-2)9-5-4-8(7-12)6-11(9)14/h4-6,14H,3H2,1-2H3. The SMILES string of the molecule is CCC(=NC)c1ccc(C#N)cc1O. The van der Waals surface area contributed by atoms with Gasteiger partial charge in [-0.3, -0.25) is 4.99 Å². The molecule has 1 aromatic carbocycles. The molecule has 0 radical (unpaired) electrons. The summed E-state index contributed by atoms with van der Waals surface area (Å²) in [5, 5.41) is 18.2. The number of benzene rings is 1. The summed E-state index contributed by atoms with van der Waals surface area (Å²) in [6.07, 6.45) is 0.760. The molecule has 1 rings (SSSR count). The topological polar surface area (TPSA) is 56.4 Å². The predicted molar refractivity (Wildman–Crippen MR) is 55.6 cm³/mol. The van der Waals surface area contributed by atoms with Crippen LogP contribution in [0.3, 0.4) is 0 Å². The van der Waals surface area contributed by atoms with Crippen LogP contribution in [-0.4, -0.2) is 17.9 Å². The molecular weight excluding hydrogens is 176 g/mol. The second-order valence-corrected chi connectivity index (χ2v) is 2.87. The summed E-state index contributed by atoms with van der Waals surface area (Å²) in [5.41, 5.74) is 2.00. The van der Waals surface area contributed by atoms with Crippen LogP contribution < -0.4 is 0 Å². The van der Waals surface area contributed by atoms with Crippen molar-refractivity contribution >= 4 is 5.71 Å². The highest BCUT2D eigenvalue weighted by Crippen LogP contribution is 2.20. The number of hydrogen-bond donors (Lipinski definition) is 1. The third-order valence-electron chi connectivity index (χ3n) is 2.04. The van der Waals surface area contributed by atoms with Crippen LogP contribution in [0.5, 0.6) is 5.75 Å². The van der Waals surface area contributed by atoms with Gasteiger partial charge in [-0.25, -0.2) is 0 Å². The third kappa shape index (κ3) is 1.91. The molecule has 0 unspecified atom stereocenters. The van der Waals surface area contributed by atoms with E-state index < -0.39 is 0 Å². The third-order valence-corrected chi connectivity index (χ3v) is 2.04. The maximum absolute atomic E-state index is 9.62. The van der Waals surface area contributed by atoms with Gasteiger partial charge in [-0.15, -0.1) is 0 Å². The van der Waals surface area contributed by atoms with Gasteiger partial charge in [0.1, 0.15) is 5.75 Å². The Hall–Kier alpha value is -1.82. The molecule has 0 saturated heterocycles. The quantitative estimate of drug-likeness (QED) is 0.722. The van der Waals surface area contributed by atoms with Gasteiger partial charge in [-0.2, -0.15) is 5.26 Å². The number of nitriles is 1. The van der Waals surface area contributed by atoms with Gasteiger partial charge in [0.25, 0.3) is 0 Å². The van der Waals surface area contributed by atoms with Crippen molar-refractivity contribution in [3.05, 3.63) is 29.3 Å². The number of phenolic OH excluding ortho intramolecular Hbond substituents is 1. The molecule has 72 valence electrons. The molecule has 0 spiro atoms. The Morgan fingerprint density at radius 3 is 2.71 bits per heavy atom. The Morgan fingerprint density at radius 1 is 1.57 bits per heavy atom. The van der Waals surface area contributed by atoms with Gasteiger partial charge >= 0.3 is 0 Å². The smallest absolute Gasteiger partial charge is 0.125 e. The Morgan fingerprint density at radius 2 is 2.29 bits per heavy atom. The molecular formula is C11H12N2O. The van der Waals surface area contributed by atoms with Crippen molar-refractivity contribution in [1.29, 1.82) is 5.26 Å². The summed E-state index contributed by atoms with van der Waals surface area (Å²) >= 11 is 0. The van der Waals surface area contributed by atoms with Gasteiger partial charge in [0.15, 0.2) is 0 Å². The number of hydrogen-bond acceptors (Lipinski definition) is 3. The molecule has 0 saturated carbocycles. The molecule has 3 nitrogen and oxygen atoms in total. The van der Waals surface area contributed by atoms with E-state index in [1.54, 1.807) is 19.2 Å². The highest BCUT2D eigenvalue weighted by Gasteiger charge is 2.06. The fourth-order valence-corrected chi connectivity index (χ4v) is 1.31. The highest BCUT2D eigenvalue weighted by molar-refractivity contribution is 6.02. The minimum atomic E-state index is 0.117. The zero-order valence-electron chi connectivity index (χ0n) is 8.28. The summed E-state index contributed by atoms with van der Waals surface area (Å²) in [6, 6.07) is 6.82. The maximum atomic E-state index is 9.62. The van der Waals surface area contributed by atoms with E-state index >= 15 is 0 Å². The lowest BCUT2D eigenvalue weighted by molar-refractivity contribution is 0.474. The summed E-state index contributed by atoms with van der Waals surface area (Å²) in [7, 11) is 1.69. The van der Waals surface area contributed by atoms with E-state index in [1.807, 2.05) is 13.0 Å². The van der Waals surface area contributed by atoms with Gasteiger partial charge < -0.3 is 5.11 Å². The van der Waals surface area contributed by atoms with Gasteiger partial charge in [0.05, 0.1) is 11.6 Å². The minimum Gasteiger partial charge on any atom is -0.507 e. The average Bonchev–Trinajstić information content (AvgIpc) is 2.22. The van der Waals surface area contributed by atoms with Crippen LogP contribution in [0, 0.1) is 11.3 Å². The van der Waals surface area contributed by atoms with Crippen molar-refractivity contribution in [3.8, 4) is 11.8 Å². The van der Waals surface area contributed by atoms with Crippen LogP contribution in [0.25, 0.3) is 0 Å². The van der Waals surface area contributed by atoms with Gasteiger partial charge in [-0.1, -0.05) is 6.92 Å². The summed E-state index contributed by atoms with van der Waals surface area (Å²) in [4.78, 5) is 4.07. The van der Waals surface area contributed by atoms with E-state index in [0.29, 0.717) is 11.1 Å². The average molecular weight is 188 g/mol. The van der Waals surface area contributed by atoms with Crippen molar-refractivity contribution in [2.24, 2.45) is 4.99 Å². The maximum Gasteiger partial charge on any atom is 0.125 e. The molecule has 0 atom stereocenters. The second kappa shape index (κ2) is 4.43. The first-order chi connectivity index (χ1) is 6.72. The van der Waals surface area contributed by atoms with Crippen molar-refractivity contribution in [2.45, 2.75) is 13.3 Å². The van der Waals surface area contributed by atoms with Crippen LogP contribution in [-0.2, 0) is 0 Å². The molecule has 0 aliphatic heterocycles. The summed E-state index contributed by atoms with van der Waals surface area (Å²) < 4.78 is 0. The zero-order valence-corrected chi connectivity index (χ0v) is 8.28. The van der Waals surface area contributed by atoms with Crippen molar-refractivity contribution in [1.82, 2.24) is 0 Å². The molecule has 0 amide bonds. The molecule has 1 N–H and O–H groups in total. The molecule has 0 heterocycles. The lowest BCUT2D eigenvalue weighted by atomic mass is 10.0. The van der Waals surface area contributed by atoms with E-state index in [4.69, 9.17) is 5.26 Å². The molecule has 0 aromatic heterocycles. The zero-order chi connectivity index (χ0) is 10.6. The number of phenols is 1. The number of aromatic hydroxyl groups is 1. The fourth-order valence-electron chi connectivity index (χ4n) is 1.31. The normalized spacial score (nSPS) is 11.1. The van der Waals surface area contributed by atoms with Crippen LogP contribution >= 0.6 is 0 Å². The Balaban J connectivity index is 3.19. The monoisotopic (exact) mass is 188 g/mol. The molecule has 0 bridgehead atoms. The minimum absolute atomic E-state index is 0.117. The molecule has 1 aromatic rings. The molecule has 0 aliphatic rings. The summed E-state index contributed by atoms with van der Waals surface area (Å²) in [5.74, 6) is 0.117. The summed E-state index contributed by atoms with van der Waals surface area (Å²) in [6.45, 7) is 1.97.